The molecule has 0 saturated heterocycles. The van der Waals surface area contributed by atoms with Crippen molar-refractivity contribution in [2.45, 2.75) is 68.9 Å². The molecular weight excluding hydrogens is 366 g/mol. The minimum absolute atomic E-state index is 0.0495. The molecule has 1 unspecified atom stereocenters. The molecule has 0 aliphatic heterocycles. The average Bonchev–Trinajstić information content (AvgIpc) is 3.11. The highest BCUT2D eigenvalue weighted by Crippen LogP contribution is 2.41. The summed E-state index contributed by atoms with van der Waals surface area (Å²) < 4.78 is 25.5. The van der Waals surface area contributed by atoms with Gasteiger partial charge in [0.05, 0.1) is 10.8 Å². The molecule has 1 fully saturated rings. The Morgan fingerprint density at radius 2 is 1.85 bits per heavy atom. The Morgan fingerprint density at radius 3 is 2.41 bits per heavy atom. The quantitative estimate of drug-likeness (QED) is 0.705. The SMILES string of the molecule is CCCC(CNC(=O)C1(S(=O)(=O)c2cc(C)ccc2C)CCCC1)C(=O)O. The van der Waals surface area contributed by atoms with Crippen LogP contribution in [0, 0.1) is 19.8 Å². The zero-order chi connectivity index (χ0) is 20.2. The van der Waals surface area contributed by atoms with Gasteiger partial charge in [0.2, 0.25) is 5.91 Å². The molecule has 1 atom stereocenters. The lowest BCUT2D eigenvalue weighted by Crippen LogP contribution is -2.52. The van der Waals surface area contributed by atoms with Gasteiger partial charge in [-0.2, -0.15) is 0 Å². The molecule has 1 aromatic rings. The van der Waals surface area contributed by atoms with E-state index in [4.69, 9.17) is 0 Å². The number of hydrogen-bond donors (Lipinski definition) is 2. The number of carboxylic acid groups (broad SMARTS) is 1. The Kier molecular flexibility index (Phi) is 6.68. The van der Waals surface area contributed by atoms with Crippen molar-refractivity contribution in [3.8, 4) is 0 Å². The number of amides is 1. The molecule has 1 aliphatic rings. The summed E-state index contributed by atoms with van der Waals surface area (Å²) >= 11 is 0. The Morgan fingerprint density at radius 1 is 1.22 bits per heavy atom. The standard InChI is InChI=1S/C20H29NO5S/c1-4-7-16(18(22)23)13-21-19(24)20(10-5-6-11-20)27(25,26)17-12-14(2)8-9-15(17)3/h8-9,12,16H,4-7,10-11,13H2,1-3H3,(H,21,24)(H,22,23). The summed E-state index contributed by atoms with van der Waals surface area (Å²) in [5.41, 5.74) is 1.44. The molecule has 0 bridgehead atoms. The number of carbonyl (C=O) groups excluding carboxylic acids is 1. The summed E-state index contributed by atoms with van der Waals surface area (Å²) in [7, 11) is -3.89. The minimum Gasteiger partial charge on any atom is -0.481 e. The van der Waals surface area contributed by atoms with Crippen LogP contribution in [0.2, 0.25) is 0 Å². The maximum atomic E-state index is 13.5. The Hall–Kier alpha value is -1.89. The van der Waals surface area contributed by atoms with E-state index in [2.05, 4.69) is 5.32 Å². The lowest BCUT2D eigenvalue weighted by molar-refractivity contribution is -0.142. The van der Waals surface area contributed by atoms with E-state index in [1.54, 1.807) is 19.1 Å². The third-order valence-corrected chi connectivity index (χ3v) is 8.11. The largest absolute Gasteiger partial charge is 0.481 e. The Labute approximate surface area is 161 Å². The van der Waals surface area contributed by atoms with E-state index in [0.717, 1.165) is 5.56 Å². The number of nitrogens with one attached hydrogen (secondary N) is 1. The molecule has 1 amide bonds. The van der Waals surface area contributed by atoms with E-state index in [-0.39, 0.29) is 24.3 Å². The number of carbonyl (C=O) groups is 2. The number of carboxylic acids is 1. The molecule has 150 valence electrons. The molecule has 6 nitrogen and oxygen atoms in total. The molecule has 7 heteroatoms. The molecule has 1 aliphatic carbocycles. The van der Waals surface area contributed by atoms with Gasteiger partial charge in [0.15, 0.2) is 14.6 Å². The number of aryl methyl sites for hydroxylation is 2. The first-order valence-electron chi connectivity index (χ1n) is 9.48. The van der Waals surface area contributed by atoms with Gasteiger partial charge in [0, 0.05) is 6.54 Å². The van der Waals surface area contributed by atoms with Crippen molar-refractivity contribution in [2.75, 3.05) is 6.54 Å². The molecule has 0 heterocycles. The number of aliphatic carboxylic acids is 1. The maximum Gasteiger partial charge on any atom is 0.308 e. The fraction of sp³-hybridized carbons (Fsp3) is 0.600. The fourth-order valence-electron chi connectivity index (χ4n) is 3.81. The second-order valence-electron chi connectivity index (χ2n) is 7.51. The Bertz CT molecular complexity index is 810. The Balaban J connectivity index is 2.35. The smallest absolute Gasteiger partial charge is 0.308 e. The predicted molar refractivity (Wildman–Crippen MR) is 103 cm³/mol. The highest BCUT2D eigenvalue weighted by atomic mass is 32.2. The summed E-state index contributed by atoms with van der Waals surface area (Å²) in [6, 6.07) is 5.22. The van der Waals surface area contributed by atoms with E-state index in [1.165, 1.54) is 0 Å². The molecule has 27 heavy (non-hydrogen) atoms. The van der Waals surface area contributed by atoms with Crippen LogP contribution in [-0.2, 0) is 19.4 Å². The van der Waals surface area contributed by atoms with Gasteiger partial charge in [-0.15, -0.1) is 0 Å². The van der Waals surface area contributed by atoms with E-state index in [1.807, 2.05) is 19.9 Å². The topological polar surface area (TPSA) is 101 Å². The highest BCUT2D eigenvalue weighted by Gasteiger charge is 2.53. The molecule has 0 spiro atoms. The van der Waals surface area contributed by atoms with Gasteiger partial charge in [-0.05, 0) is 50.3 Å². The fourth-order valence-corrected chi connectivity index (χ4v) is 6.21. The van der Waals surface area contributed by atoms with Crippen molar-refractivity contribution in [1.29, 1.82) is 0 Å². The van der Waals surface area contributed by atoms with Crippen molar-refractivity contribution in [1.82, 2.24) is 5.32 Å². The normalized spacial score (nSPS) is 17.4. The van der Waals surface area contributed by atoms with Crippen LogP contribution in [0.25, 0.3) is 0 Å². The van der Waals surface area contributed by atoms with Gasteiger partial charge >= 0.3 is 5.97 Å². The molecule has 2 N–H and O–H groups in total. The predicted octanol–water partition coefficient (Wildman–Crippen LogP) is 3.01. The van der Waals surface area contributed by atoms with Gasteiger partial charge in [0.1, 0.15) is 0 Å². The molecule has 2 rings (SSSR count). The van der Waals surface area contributed by atoms with Crippen molar-refractivity contribution < 1.29 is 23.1 Å². The third kappa shape index (κ3) is 4.18. The van der Waals surface area contributed by atoms with Crippen molar-refractivity contribution >= 4 is 21.7 Å². The van der Waals surface area contributed by atoms with Gasteiger partial charge in [-0.3, -0.25) is 9.59 Å². The third-order valence-electron chi connectivity index (χ3n) is 5.47. The number of benzene rings is 1. The number of sulfone groups is 1. The first kappa shape index (κ1) is 21.4. The second kappa shape index (κ2) is 8.42. The minimum atomic E-state index is -3.89. The number of hydrogen-bond acceptors (Lipinski definition) is 4. The van der Waals surface area contributed by atoms with Crippen molar-refractivity contribution in [3.05, 3.63) is 29.3 Å². The van der Waals surface area contributed by atoms with Crippen molar-refractivity contribution in [3.63, 3.8) is 0 Å². The van der Waals surface area contributed by atoms with Crippen LogP contribution in [0.3, 0.4) is 0 Å². The molecule has 1 saturated carbocycles. The monoisotopic (exact) mass is 395 g/mol. The summed E-state index contributed by atoms with van der Waals surface area (Å²) in [5.74, 6) is -2.25. The number of rotatable bonds is 8. The van der Waals surface area contributed by atoms with Gasteiger partial charge in [-0.25, -0.2) is 8.42 Å². The first-order valence-corrected chi connectivity index (χ1v) is 11.0. The van der Waals surface area contributed by atoms with E-state index >= 15 is 0 Å². The van der Waals surface area contributed by atoms with Crippen LogP contribution in [-0.4, -0.2) is 36.7 Å². The molecule has 0 aromatic heterocycles. The van der Waals surface area contributed by atoms with Crippen LogP contribution in [0.4, 0.5) is 0 Å². The van der Waals surface area contributed by atoms with E-state index < -0.39 is 32.4 Å². The molecule has 0 radical (unpaired) electrons. The zero-order valence-corrected chi connectivity index (χ0v) is 17.1. The zero-order valence-electron chi connectivity index (χ0n) is 16.2. The second-order valence-corrected chi connectivity index (χ2v) is 9.74. The van der Waals surface area contributed by atoms with Crippen LogP contribution in [0.15, 0.2) is 23.1 Å². The van der Waals surface area contributed by atoms with Crippen LogP contribution < -0.4 is 5.32 Å². The van der Waals surface area contributed by atoms with Crippen LogP contribution in [0.5, 0.6) is 0 Å². The molecule has 1 aromatic carbocycles. The van der Waals surface area contributed by atoms with Gasteiger partial charge in [0.25, 0.3) is 0 Å². The lowest BCUT2D eigenvalue weighted by atomic mass is 10.0. The lowest BCUT2D eigenvalue weighted by Gasteiger charge is -2.29. The van der Waals surface area contributed by atoms with Gasteiger partial charge in [-0.1, -0.05) is 38.3 Å². The summed E-state index contributed by atoms with van der Waals surface area (Å²) in [6.45, 7) is 5.38. The summed E-state index contributed by atoms with van der Waals surface area (Å²) in [4.78, 5) is 24.6. The van der Waals surface area contributed by atoms with Crippen LogP contribution in [0.1, 0.15) is 56.6 Å². The van der Waals surface area contributed by atoms with E-state index in [9.17, 15) is 23.1 Å². The van der Waals surface area contributed by atoms with Gasteiger partial charge < -0.3 is 10.4 Å². The molecular formula is C20H29NO5S. The first-order chi connectivity index (χ1) is 12.7. The maximum absolute atomic E-state index is 13.5. The highest BCUT2D eigenvalue weighted by molar-refractivity contribution is 7.93. The summed E-state index contributed by atoms with van der Waals surface area (Å²) in [6.07, 6.45) is 2.97. The average molecular weight is 396 g/mol. The van der Waals surface area contributed by atoms with Crippen LogP contribution >= 0.6 is 0 Å². The van der Waals surface area contributed by atoms with Crippen molar-refractivity contribution in [2.24, 2.45) is 5.92 Å². The van der Waals surface area contributed by atoms with E-state index in [0.29, 0.717) is 31.2 Å². The summed E-state index contributed by atoms with van der Waals surface area (Å²) in [5, 5.41) is 11.9.